The summed E-state index contributed by atoms with van der Waals surface area (Å²) in [6, 6.07) is 3.19. The molecular formula is C13H14F5NO3. The van der Waals surface area contributed by atoms with Gasteiger partial charge in [0.25, 0.3) is 5.69 Å². The van der Waals surface area contributed by atoms with Crippen molar-refractivity contribution in [3.05, 3.63) is 39.9 Å². The van der Waals surface area contributed by atoms with Gasteiger partial charge in [-0.15, -0.1) is 0 Å². The number of nitrogens with zero attached hydrogens (tertiary/aromatic N) is 1. The second-order valence-electron chi connectivity index (χ2n) is 5.84. The Bertz CT molecular complexity index is 580. The van der Waals surface area contributed by atoms with E-state index in [2.05, 4.69) is 0 Å². The minimum Gasteiger partial charge on any atom is -0.378 e. The van der Waals surface area contributed by atoms with Crippen molar-refractivity contribution in [2.75, 3.05) is 0 Å². The average Bonchev–Trinajstić information content (AvgIpc) is 2.34. The van der Waals surface area contributed by atoms with Crippen LogP contribution in [0.5, 0.6) is 0 Å². The molecule has 0 aromatic heterocycles. The van der Waals surface area contributed by atoms with Crippen LogP contribution >= 0.6 is 0 Å². The second-order valence-corrected chi connectivity index (χ2v) is 5.84. The van der Waals surface area contributed by atoms with Crippen molar-refractivity contribution in [2.24, 2.45) is 5.41 Å². The van der Waals surface area contributed by atoms with Crippen LogP contribution in [0.4, 0.5) is 27.6 Å². The van der Waals surface area contributed by atoms with Gasteiger partial charge in [0, 0.05) is 17.5 Å². The topological polar surface area (TPSA) is 63.4 Å². The molecule has 0 heterocycles. The van der Waals surface area contributed by atoms with Crippen LogP contribution in [-0.4, -0.2) is 22.1 Å². The Morgan fingerprint density at radius 2 is 1.59 bits per heavy atom. The predicted octanol–water partition coefficient (Wildman–Crippen LogP) is 4.03. The monoisotopic (exact) mass is 327 g/mol. The molecule has 1 N–H and O–H groups in total. The summed E-state index contributed by atoms with van der Waals surface area (Å²) in [7, 11) is 0. The van der Waals surface area contributed by atoms with Crippen molar-refractivity contribution in [1.29, 1.82) is 0 Å². The van der Waals surface area contributed by atoms with Gasteiger partial charge >= 0.3 is 12.1 Å². The lowest BCUT2D eigenvalue weighted by molar-refractivity contribution is -0.385. The first-order valence-corrected chi connectivity index (χ1v) is 6.08. The largest absolute Gasteiger partial charge is 0.456 e. The van der Waals surface area contributed by atoms with Crippen molar-refractivity contribution in [2.45, 2.75) is 38.5 Å². The third kappa shape index (κ3) is 2.65. The summed E-state index contributed by atoms with van der Waals surface area (Å²) in [5.74, 6) is -5.51. The minimum absolute atomic E-state index is 0.519. The highest BCUT2D eigenvalue weighted by Gasteiger charge is 2.73. The van der Waals surface area contributed by atoms with Crippen LogP contribution in [0.25, 0.3) is 0 Å². The lowest BCUT2D eigenvalue weighted by atomic mass is 9.68. The van der Waals surface area contributed by atoms with Gasteiger partial charge < -0.3 is 5.11 Å². The molecule has 0 aliphatic heterocycles. The first kappa shape index (κ1) is 18.3. The Hall–Kier alpha value is -1.77. The zero-order valence-corrected chi connectivity index (χ0v) is 11.9. The summed E-state index contributed by atoms with van der Waals surface area (Å²) < 4.78 is 66.2. The van der Waals surface area contributed by atoms with Gasteiger partial charge in [-0.05, 0) is 5.56 Å². The molecule has 0 saturated carbocycles. The molecule has 124 valence electrons. The quantitative estimate of drug-likeness (QED) is 0.518. The summed E-state index contributed by atoms with van der Waals surface area (Å²) in [5, 5.41) is 21.0. The van der Waals surface area contributed by atoms with E-state index in [0.717, 1.165) is 39.0 Å². The zero-order valence-electron chi connectivity index (χ0n) is 11.9. The fourth-order valence-electron chi connectivity index (χ4n) is 2.13. The highest BCUT2D eigenvalue weighted by atomic mass is 19.4. The van der Waals surface area contributed by atoms with E-state index in [4.69, 9.17) is 0 Å². The highest BCUT2D eigenvalue weighted by Crippen LogP contribution is 2.56. The molecule has 1 rings (SSSR count). The number of hydrogen-bond acceptors (Lipinski definition) is 3. The van der Waals surface area contributed by atoms with E-state index in [0.29, 0.717) is 6.07 Å². The molecule has 0 fully saturated rings. The molecule has 1 aromatic carbocycles. The molecule has 1 aromatic rings. The molecule has 0 saturated heterocycles. The van der Waals surface area contributed by atoms with Gasteiger partial charge in [-0.2, -0.15) is 22.0 Å². The number of alkyl halides is 5. The summed E-state index contributed by atoms with van der Waals surface area (Å²) >= 11 is 0. The molecule has 0 aliphatic carbocycles. The third-order valence-corrected chi connectivity index (χ3v) is 3.37. The maximum Gasteiger partial charge on any atom is 0.456 e. The molecule has 22 heavy (non-hydrogen) atoms. The van der Waals surface area contributed by atoms with Crippen LogP contribution in [0.3, 0.4) is 0 Å². The van der Waals surface area contributed by atoms with E-state index in [-0.39, 0.29) is 0 Å². The number of halogens is 5. The van der Waals surface area contributed by atoms with Crippen LogP contribution in [0.1, 0.15) is 26.3 Å². The zero-order chi connectivity index (χ0) is 17.6. The molecule has 4 nitrogen and oxygen atoms in total. The second kappa shape index (κ2) is 5.15. The van der Waals surface area contributed by atoms with Gasteiger partial charge in [-0.3, -0.25) is 10.1 Å². The molecule has 0 bridgehead atoms. The number of aliphatic hydroxyl groups is 1. The highest BCUT2D eigenvalue weighted by molar-refractivity contribution is 5.39. The SMILES string of the molecule is CC(C)(C)C(O)(c1cccc([N+](=O)[O-])c1)C(F)(F)C(F)(F)F. The number of hydrogen-bond donors (Lipinski definition) is 1. The van der Waals surface area contributed by atoms with Crippen LogP contribution in [-0.2, 0) is 5.60 Å². The van der Waals surface area contributed by atoms with E-state index >= 15 is 0 Å². The van der Waals surface area contributed by atoms with Gasteiger partial charge in [0.05, 0.1) is 4.92 Å². The molecule has 1 unspecified atom stereocenters. The molecule has 0 aliphatic rings. The summed E-state index contributed by atoms with van der Waals surface area (Å²) in [6.45, 7) is 2.97. The molecule has 0 amide bonds. The van der Waals surface area contributed by atoms with Gasteiger partial charge in [0.2, 0.25) is 0 Å². The smallest absolute Gasteiger partial charge is 0.378 e. The standard InChI is InChI=1S/C13H14F5NO3/c1-10(2,3)11(20,12(14,15)13(16,17)18)8-5-4-6-9(7-8)19(21)22/h4-7,20H,1-3H3. The average molecular weight is 327 g/mol. The molecule has 1 atom stereocenters. The number of benzene rings is 1. The number of non-ortho nitro benzene ring substituents is 1. The van der Waals surface area contributed by atoms with Crippen molar-refractivity contribution in [1.82, 2.24) is 0 Å². The first-order chi connectivity index (χ1) is 9.66. The third-order valence-electron chi connectivity index (χ3n) is 3.37. The van der Waals surface area contributed by atoms with Crippen molar-refractivity contribution < 1.29 is 32.0 Å². The molecule has 9 heteroatoms. The Labute approximate surface area is 122 Å². The Balaban J connectivity index is 3.69. The van der Waals surface area contributed by atoms with Crippen molar-refractivity contribution in [3.8, 4) is 0 Å². The Morgan fingerprint density at radius 3 is 1.95 bits per heavy atom. The van der Waals surface area contributed by atoms with Crippen molar-refractivity contribution >= 4 is 5.69 Å². The maximum absolute atomic E-state index is 13.9. The van der Waals surface area contributed by atoms with E-state index in [1.54, 1.807) is 0 Å². The van der Waals surface area contributed by atoms with Gasteiger partial charge in [0.1, 0.15) is 0 Å². The first-order valence-electron chi connectivity index (χ1n) is 6.08. The number of nitro groups is 1. The van der Waals surface area contributed by atoms with Gasteiger partial charge in [-0.25, -0.2) is 0 Å². The van der Waals surface area contributed by atoms with Gasteiger partial charge in [0.15, 0.2) is 5.60 Å². The van der Waals surface area contributed by atoms with Crippen LogP contribution in [0, 0.1) is 15.5 Å². The van der Waals surface area contributed by atoms with E-state index < -0.39 is 39.3 Å². The van der Waals surface area contributed by atoms with E-state index in [9.17, 15) is 37.2 Å². The van der Waals surface area contributed by atoms with E-state index in [1.165, 1.54) is 0 Å². The lowest BCUT2D eigenvalue weighted by Gasteiger charge is -2.45. The summed E-state index contributed by atoms with van der Waals surface area (Å²) in [6.07, 6.45) is -6.03. The minimum atomic E-state index is -6.03. The normalized spacial score (nSPS) is 16.2. The van der Waals surface area contributed by atoms with Gasteiger partial charge in [-0.1, -0.05) is 32.9 Å². The summed E-state index contributed by atoms with van der Waals surface area (Å²) in [5.41, 5.74) is -7.21. The van der Waals surface area contributed by atoms with Crippen LogP contribution in [0.15, 0.2) is 24.3 Å². The van der Waals surface area contributed by atoms with Crippen LogP contribution in [0.2, 0.25) is 0 Å². The van der Waals surface area contributed by atoms with E-state index in [1.807, 2.05) is 0 Å². The Morgan fingerprint density at radius 1 is 1.09 bits per heavy atom. The lowest BCUT2D eigenvalue weighted by Crippen LogP contribution is -2.61. The maximum atomic E-state index is 13.9. The van der Waals surface area contributed by atoms with Crippen LogP contribution < -0.4 is 0 Å². The predicted molar refractivity (Wildman–Crippen MR) is 67.5 cm³/mol. The Kier molecular flexibility index (Phi) is 4.28. The fourth-order valence-corrected chi connectivity index (χ4v) is 2.13. The summed E-state index contributed by atoms with van der Waals surface area (Å²) in [4.78, 5) is 9.74. The number of rotatable bonds is 3. The fraction of sp³-hybridized carbons (Fsp3) is 0.538. The molecular weight excluding hydrogens is 313 g/mol. The molecule has 0 radical (unpaired) electrons. The van der Waals surface area contributed by atoms with Crippen molar-refractivity contribution in [3.63, 3.8) is 0 Å². The number of nitro benzene ring substituents is 1. The molecule has 0 spiro atoms.